The van der Waals surface area contributed by atoms with Crippen LogP contribution in [0.2, 0.25) is 0 Å². The van der Waals surface area contributed by atoms with Crippen LogP contribution in [0.4, 0.5) is 0 Å². The minimum Gasteiger partial charge on any atom is -0.374 e. The smallest absolute Gasteiger partial charge is 0.0805 e. The summed E-state index contributed by atoms with van der Waals surface area (Å²) in [7, 11) is 0. The van der Waals surface area contributed by atoms with Crippen LogP contribution in [0.15, 0.2) is 12.7 Å². The topological polar surface area (TPSA) is 35.2 Å². The summed E-state index contributed by atoms with van der Waals surface area (Å²) in [6, 6.07) is 0.165. The van der Waals surface area contributed by atoms with Crippen molar-refractivity contribution in [3.05, 3.63) is 12.7 Å². The molecule has 1 fully saturated rings. The van der Waals surface area contributed by atoms with Crippen molar-refractivity contribution in [2.75, 3.05) is 6.61 Å². The monoisotopic (exact) mass is 169 g/mol. The Balaban J connectivity index is 2.38. The summed E-state index contributed by atoms with van der Waals surface area (Å²) in [5.41, 5.74) is 5.96. The van der Waals surface area contributed by atoms with E-state index in [1.54, 1.807) is 0 Å². The van der Waals surface area contributed by atoms with Crippen molar-refractivity contribution in [3.63, 3.8) is 0 Å². The van der Waals surface area contributed by atoms with Crippen LogP contribution in [-0.4, -0.2) is 18.2 Å². The van der Waals surface area contributed by atoms with Gasteiger partial charge >= 0.3 is 0 Å². The van der Waals surface area contributed by atoms with Gasteiger partial charge in [0, 0.05) is 12.6 Å². The molecule has 1 saturated heterocycles. The number of rotatable bonds is 4. The number of allylic oxidation sites excluding steroid dienone is 1. The second-order valence-corrected chi connectivity index (χ2v) is 3.74. The molecule has 1 heterocycles. The first-order valence-electron chi connectivity index (χ1n) is 4.69. The van der Waals surface area contributed by atoms with Crippen LogP contribution in [0.1, 0.15) is 32.6 Å². The van der Waals surface area contributed by atoms with Crippen LogP contribution in [0.3, 0.4) is 0 Å². The quantitative estimate of drug-likeness (QED) is 0.652. The van der Waals surface area contributed by atoms with E-state index >= 15 is 0 Å². The molecule has 0 aliphatic carbocycles. The van der Waals surface area contributed by atoms with Crippen molar-refractivity contribution < 1.29 is 4.74 Å². The second kappa shape index (κ2) is 4.06. The fraction of sp³-hybridized carbons (Fsp3) is 0.800. The molecule has 0 radical (unpaired) electrons. The third-order valence-electron chi connectivity index (χ3n) is 2.72. The highest BCUT2D eigenvalue weighted by Gasteiger charge is 2.35. The predicted molar refractivity (Wildman–Crippen MR) is 51.0 cm³/mol. The van der Waals surface area contributed by atoms with Gasteiger partial charge in [-0.25, -0.2) is 0 Å². The van der Waals surface area contributed by atoms with Crippen LogP contribution >= 0.6 is 0 Å². The van der Waals surface area contributed by atoms with Gasteiger partial charge in [-0.1, -0.05) is 6.08 Å². The average molecular weight is 169 g/mol. The molecule has 12 heavy (non-hydrogen) atoms. The van der Waals surface area contributed by atoms with Crippen molar-refractivity contribution in [1.29, 1.82) is 0 Å². The molecule has 0 amide bonds. The lowest BCUT2D eigenvalue weighted by atomic mass is 9.90. The number of nitrogens with two attached hydrogens (primary N) is 1. The van der Waals surface area contributed by atoms with Gasteiger partial charge in [0.05, 0.1) is 5.60 Å². The van der Waals surface area contributed by atoms with Crippen LogP contribution in [-0.2, 0) is 4.74 Å². The van der Waals surface area contributed by atoms with Crippen LogP contribution < -0.4 is 5.73 Å². The Morgan fingerprint density at radius 1 is 1.75 bits per heavy atom. The molecule has 0 aromatic heterocycles. The molecular formula is C10H19NO. The van der Waals surface area contributed by atoms with E-state index in [1.807, 2.05) is 6.08 Å². The Hall–Kier alpha value is -0.340. The van der Waals surface area contributed by atoms with Crippen molar-refractivity contribution in [1.82, 2.24) is 0 Å². The summed E-state index contributed by atoms with van der Waals surface area (Å²) in [5, 5.41) is 0. The molecule has 0 aromatic rings. The summed E-state index contributed by atoms with van der Waals surface area (Å²) in [5.74, 6) is 0. The zero-order chi connectivity index (χ0) is 9.03. The molecule has 1 aliphatic heterocycles. The van der Waals surface area contributed by atoms with Crippen LogP contribution in [0.25, 0.3) is 0 Å². The summed E-state index contributed by atoms with van der Waals surface area (Å²) >= 11 is 0. The van der Waals surface area contributed by atoms with Crippen molar-refractivity contribution in [2.45, 2.75) is 44.2 Å². The molecule has 2 atom stereocenters. The predicted octanol–water partition coefficient (Wildman–Crippen LogP) is 1.85. The number of hydrogen-bond acceptors (Lipinski definition) is 2. The molecule has 1 aliphatic rings. The third kappa shape index (κ3) is 2.08. The Morgan fingerprint density at radius 3 is 3.00 bits per heavy atom. The second-order valence-electron chi connectivity index (χ2n) is 3.74. The van der Waals surface area contributed by atoms with Crippen molar-refractivity contribution in [3.8, 4) is 0 Å². The van der Waals surface area contributed by atoms with Crippen molar-refractivity contribution >= 4 is 0 Å². The Labute approximate surface area is 74.8 Å². The lowest BCUT2D eigenvalue weighted by Crippen LogP contribution is -2.44. The normalized spacial score (nSPS) is 31.8. The van der Waals surface area contributed by atoms with E-state index in [-0.39, 0.29) is 11.6 Å². The maximum atomic E-state index is 6.03. The minimum absolute atomic E-state index is 0.0665. The van der Waals surface area contributed by atoms with E-state index in [0.717, 1.165) is 32.3 Å². The van der Waals surface area contributed by atoms with E-state index in [4.69, 9.17) is 10.5 Å². The molecule has 2 nitrogen and oxygen atoms in total. The van der Waals surface area contributed by atoms with Gasteiger partial charge in [-0.05, 0) is 32.6 Å². The fourth-order valence-electron chi connectivity index (χ4n) is 1.70. The lowest BCUT2D eigenvalue weighted by Gasteiger charge is -2.30. The van der Waals surface area contributed by atoms with E-state index in [2.05, 4.69) is 13.5 Å². The molecular weight excluding hydrogens is 150 g/mol. The fourth-order valence-corrected chi connectivity index (χ4v) is 1.70. The van der Waals surface area contributed by atoms with Gasteiger partial charge in [-0.2, -0.15) is 0 Å². The highest BCUT2D eigenvalue weighted by molar-refractivity contribution is 4.91. The minimum atomic E-state index is -0.0665. The van der Waals surface area contributed by atoms with Crippen molar-refractivity contribution in [2.24, 2.45) is 5.73 Å². The first-order chi connectivity index (χ1) is 5.69. The van der Waals surface area contributed by atoms with E-state index in [9.17, 15) is 0 Å². The first kappa shape index (κ1) is 9.75. The molecule has 1 rings (SSSR count). The van der Waals surface area contributed by atoms with Gasteiger partial charge in [0.25, 0.3) is 0 Å². The summed E-state index contributed by atoms with van der Waals surface area (Å²) in [4.78, 5) is 0. The summed E-state index contributed by atoms with van der Waals surface area (Å²) in [6.45, 7) is 6.68. The zero-order valence-corrected chi connectivity index (χ0v) is 7.88. The largest absolute Gasteiger partial charge is 0.374 e. The molecule has 2 unspecified atom stereocenters. The van der Waals surface area contributed by atoms with E-state index < -0.39 is 0 Å². The molecule has 2 N–H and O–H groups in total. The lowest BCUT2D eigenvalue weighted by molar-refractivity contribution is -0.00280. The first-order valence-corrected chi connectivity index (χ1v) is 4.69. The molecule has 0 bridgehead atoms. The van der Waals surface area contributed by atoms with Gasteiger partial charge in [0.2, 0.25) is 0 Å². The molecule has 0 spiro atoms. The summed E-state index contributed by atoms with van der Waals surface area (Å²) in [6.07, 6.45) is 6.14. The van der Waals surface area contributed by atoms with Gasteiger partial charge in [-0.15, -0.1) is 6.58 Å². The molecule has 2 heteroatoms. The Kier molecular flexibility index (Phi) is 3.29. The Bertz CT molecular complexity index is 150. The zero-order valence-electron chi connectivity index (χ0n) is 7.88. The van der Waals surface area contributed by atoms with Gasteiger partial charge in [0.1, 0.15) is 0 Å². The number of hydrogen-bond donors (Lipinski definition) is 1. The highest BCUT2D eigenvalue weighted by Crippen LogP contribution is 2.29. The SMILES string of the molecule is C=CCCC(N)C1(C)CCCO1. The average Bonchev–Trinajstić information content (AvgIpc) is 2.49. The standard InChI is InChI=1S/C10H19NO/c1-3-4-6-9(11)10(2)7-5-8-12-10/h3,9H,1,4-8,11H2,2H3. The van der Waals surface area contributed by atoms with E-state index in [0.29, 0.717) is 0 Å². The van der Waals surface area contributed by atoms with Crippen LogP contribution in [0, 0.1) is 0 Å². The molecule has 0 saturated carbocycles. The van der Waals surface area contributed by atoms with E-state index in [1.165, 1.54) is 0 Å². The summed E-state index contributed by atoms with van der Waals surface area (Å²) < 4.78 is 5.64. The molecule has 0 aromatic carbocycles. The van der Waals surface area contributed by atoms with Crippen LogP contribution in [0.5, 0.6) is 0 Å². The van der Waals surface area contributed by atoms with Gasteiger partial charge in [-0.3, -0.25) is 0 Å². The van der Waals surface area contributed by atoms with Gasteiger partial charge < -0.3 is 10.5 Å². The number of ether oxygens (including phenoxy) is 1. The Morgan fingerprint density at radius 2 is 2.50 bits per heavy atom. The van der Waals surface area contributed by atoms with Gasteiger partial charge in [0.15, 0.2) is 0 Å². The molecule has 70 valence electrons. The third-order valence-corrected chi connectivity index (χ3v) is 2.72. The maximum Gasteiger partial charge on any atom is 0.0805 e. The maximum absolute atomic E-state index is 6.03. The highest BCUT2D eigenvalue weighted by atomic mass is 16.5.